The van der Waals surface area contributed by atoms with E-state index in [4.69, 9.17) is 0 Å². The fourth-order valence-electron chi connectivity index (χ4n) is 3.22. The maximum absolute atomic E-state index is 12.8. The molecule has 2 unspecified atom stereocenters. The molecule has 2 aromatic rings. The van der Waals surface area contributed by atoms with E-state index in [0.29, 0.717) is 19.5 Å². The van der Waals surface area contributed by atoms with Crippen molar-refractivity contribution in [2.75, 3.05) is 6.54 Å². The first-order chi connectivity index (χ1) is 12.3. The molecule has 1 fully saturated rings. The number of Topliss-reactive ketones (excluding diaryl/α,β-unsaturated/α-hetero) is 1. The molecule has 0 radical (unpaired) electrons. The molecule has 0 saturated carbocycles. The lowest BCUT2D eigenvalue weighted by Crippen LogP contribution is -2.39. The number of hydrogen-bond donors (Lipinski definition) is 2. The van der Waals surface area contributed by atoms with Crippen LogP contribution in [0.1, 0.15) is 48.0 Å². The Hall–Kier alpha value is -1.98. The van der Waals surface area contributed by atoms with Gasteiger partial charge in [0.15, 0.2) is 5.78 Å². The van der Waals surface area contributed by atoms with Crippen LogP contribution in [0.4, 0.5) is 0 Å². The molecule has 1 amide bonds. The largest absolute Gasteiger partial charge is 0.350 e. The Morgan fingerprint density at radius 3 is 2.54 bits per heavy atom. The average molecular weight is 371 g/mol. The molecule has 2 atom stereocenters. The third-order valence-corrected chi connectivity index (χ3v) is 5.75. The molecule has 1 aromatic carbocycles. The molecule has 2 N–H and O–H groups in total. The SMILES string of the molecule is CC(C)(C)c1ccc(C(=O)C2CNC(C(=O)NCc3cccs3)C2)cc1. The second-order valence-corrected chi connectivity index (χ2v) is 8.91. The Bertz CT molecular complexity index is 760. The minimum absolute atomic E-state index is 0.0308. The molecule has 138 valence electrons. The molecule has 2 heterocycles. The number of hydrogen-bond acceptors (Lipinski definition) is 4. The van der Waals surface area contributed by atoms with E-state index in [0.717, 1.165) is 10.4 Å². The fourth-order valence-corrected chi connectivity index (χ4v) is 3.86. The summed E-state index contributed by atoms with van der Waals surface area (Å²) >= 11 is 1.62. The highest BCUT2D eigenvalue weighted by molar-refractivity contribution is 7.09. The maximum atomic E-state index is 12.8. The first kappa shape index (κ1) is 18.8. The summed E-state index contributed by atoms with van der Waals surface area (Å²) in [7, 11) is 0. The van der Waals surface area contributed by atoms with Crippen molar-refractivity contribution in [1.82, 2.24) is 10.6 Å². The van der Waals surface area contributed by atoms with Crippen LogP contribution in [-0.2, 0) is 16.8 Å². The van der Waals surface area contributed by atoms with Gasteiger partial charge in [-0.1, -0.05) is 51.1 Å². The summed E-state index contributed by atoms with van der Waals surface area (Å²) in [6.07, 6.45) is 0.552. The maximum Gasteiger partial charge on any atom is 0.237 e. The Morgan fingerprint density at radius 1 is 1.19 bits per heavy atom. The summed E-state index contributed by atoms with van der Waals surface area (Å²) in [5, 5.41) is 8.14. The van der Waals surface area contributed by atoms with Crippen molar-refractivity contribution in [3.8, 4) is 0 Å². The van der Waals surface area contributed by atoms with E-state index >= 15 is 0 Å². The highest BCUT2D eigenvalue weighted by Gasteiger charge is 2.33. The fraction of sp³-hybridized carbons (Fsp3) is 0.429. The lowest BCUT2D eigenvalue weighted by atomic mass is 9.85. The number of benzene rings is 1. The van der Waals surface area contributed by atoms with Gasteiger partial charge in [-0.25, -0.2) is 0 Å². The van der Waals surface area contributed by atoms with E-state index in [9.17, 15) is 9.59 Å². The molecule has 1 aliphatic rings. The van der Waals surface area contributed by atoms with Crippen LogP contribution in [0.5, 0.6) is 0 Å². The highest BCUT2D eigenvalue weighted by atomic mass is 32.1. The van der Waals surface area contributed by atoms with Crippen LogP contribution in [-0.4, -0.2) is 24.3 Å². The van der Waals surface area contributed by atoms with Crippen LogP contribution in [0.25, 0.3) is 0 Å². The van der Waals surface area contributed by atoms with Crippen LogP contribution in [0.2, 0.25) is 0 Å². The molecule has 26 heavy (non-hydrogen) atoms. The molecule has 3 rings (SSSR count). The molecular weight excluding hydrogens is 344 g/mol. The van der Waals surface area contributed by atoms with Gasteiger partial charge in [0.2, 0.25) is 5.91 Å². The van der Waals surface area contributed by atoms with Crippen LogP contribution >= 0.6 is 11.3 Å². The summed E-state index contributed by atoms with van der Waals surface area (Å²) in [6.45, 7) is 7.57. The lowest BCUT2D eigenvalue weighted by molar-refractivity contribution is -0.122. The number of nitrogens with one attached hydrogen (secondary N) is 2. The van der Waals surface area contributed by atoms with Crippen LogP contribution in [0.15, 0.2) is 41.8 Å². The molecule has 4 nitrogen and oxygen atoms in total. The van der Waals surface area contributed by atoms with Crippen molar-refractivity contribution in [1.29, 1.82) is 0 Å². The van der Waals surface area contributed by atoms with E-state index in [2.05, 4.69) is 31.4 Å². The minimum atomic E-state index is -0.294. The van der Waals surface area contributed by atoms with Gasteiger partial charge in [-0.15, -0.1) is 11.3 Å². The van der Waals surface area contributed by atoms with Crippen LogP contribution < -0.4 is 10.6 Å². The van der Waals surface area contributed by atoms with Gasteiger partial charge < -0.3 is 10.6 Å². The minimum Gasteiger partial charge on any atom is -0.350 e. The van der Waals surface area contributed by atoms with Gasteiger partial charge in [0, 0.05) is 22.9 Å². The number of ketones is 1. The van der Waals surface area contributed by atoms with E-state index in [1.165, 1.54) is 5.56 Å². The molecule has 5 heteroatoms. The van der Waals surface area contributed by atoms with Gasteiger partial charge in [-0.2, -0.15) is 0 Å². The molecule has 0 aliphatic carbocycles. The van der Waals surface area contributed by atoms with Gasteiger partial charge in [-0.05, 0) is 28.8 Å². The predicted octanol–water partition coefficient (Wildman–Crippen LogP) is 3.52. The lowest BCUT2D eigenvalue weighted by Gasteiger charge is -2.19. The summed E-state index contributed by atoms with van der Waals surface area (Å²) in [4.78, 5) is 26.2. The zero-order valence-electron chi connectivity index (χ0n) is 15.5. The van der Waals surface area contributed by atoms with E-state index in [1.807, 2.05) is 41.8 Å². The third kappa shape index (κ3) is 4.40. The van der Waals surface area contributed by atoms with Crippen molar-refractivity contribution in [3.63, 3.8) is 0 Å². The number of carbonyl (C=O) groups is 2. The zero-order chi connectivity index (χ0) is 18.7. The number of carbonyl (C=O) groups excluding carboxylic acids is 2. The highest BCUT2D eigenvalue weighted by Crippen LogP contribution is 2.24. The molecule has 0 bridgehead atoms. The van der Waals surface area contributed by atoms with Crippen LogP contribution in [0.3, 0.4) is 0 Å². The van der Waals surface area contributed by atoms with Gasteiger partial charge in [0.05, 0.1) is 12.6 Å². The predicted molar refractivity (Wildman–Crippen MR) is 106 cm³/mol. The Labute approximate surface area is 159 Å². The second-order valence-electron chi connectivity index (χ2n) is 7.88. The molecule has 1 aliphatic heterocycles. The number of thiophene rings is 1. The standard InChI is InChI=1S/C21H26N2O2S/c1-21(2,3)16-8-6-14(7-9-16)19(24)15-11-18(22-12-15)20(25)23-13-17-5-4-10-26-17/h4-10,15,18,22H,11-13H2,1-3H3,(H,23,25). The topological polar surface area (TPSA) is 58.2 Å². The normalized spacial score (nSPS) is 20.1. The quantitative estimate of drug-likeness (QED) is 0.792. The Morgan fingerprint density at radius 2 is 1.92 bits per heavy atom. The van der Waals surface area contributed by atoms with Crippen molar-refractivity contribution in [2.45, 2.75) is 45.2 Å². The van der Waals surface area contributed by atoms with Crippen molar-refractivity contribution >= 4 is 23.0 Å². The van der Waals surface area contributed by atoms with E-state index < -0.39 is 0 Å². The summed E-state index contributed by atoms with van der Waals surface area (Å²) in [6, 6.07) is 11.6. The van der Waals surface area contributed by atoms with E-state index in [1.54, 1.807) is 11.3 Å². The summed E-state index contributed by atoms with van der Waals surface area (Å²) in [5.74, 6) is -0.0590. The average Bonchev–Trinajstić information content (AvgIpc) is 3.30. The number of amides is 1. The van der Waals surface area contributed by atoms with Crippen molar-refractivity contribution < 1.29 is 9.59 Å². The van der Waals surface area contributed by atoms with Crippen molar-refractivity contribution in [3.05, 3.63) is 57.8 Å². The van der Waals surface area contributed by atoms with Gasteiger partial charge in [0.1, 0.15) is 0 Å². The molecule has 1 saturated heterocycles. The van der Waals surface area contributed by atoms with Crippen LogP contribution in [0, 0.1) is 5.92 Å². The molecular formula is C21H26N2O2S. The number of rotatable bonds is 5. The van der Waals surface area contributed by atoms with E-state index in [-0.39, 0.29) is 29.1 Å². The van der Waals surface area contributed by atoms with Crippen molar-refractivity contribution in [2.24, 2.45) is 5.92 Å². The van der Waals surface area contributed by atoms with Gasteiger partial charge in [0.25, 0.3) is 0 Å². The smallest absolute Gasteiger partial charge is 0.237 e. The second kappa shape index (κ2) is 7.72. The summed E-state index contributed by atoms with van der Waals surface area (Å²) < 4.78 is 0. The molecule has 1 aromatic heterocycles. The first-order valence-corrected chi connectivity index (χ1v) is 9.91. The Balaban J connectivity index is 1.56. The monoisotopic (exact) mass is 370 g/mol. The van der Waals surface area contributed by atoms with Gasteiger partial charge >= 0.3 is 0 Å². The third-order valence-electron chi connectivity index (χ3n) is 4.87. The summed E-state index contributed by atoms with van der Waals surface area (Å²) in [5.41, 5.74) is 2.01. The van der Waals surface area contributed by atoms with Gasteiger partial charge in [-0.3, -0.25) is 9.59 Å². The Kier molecular flexibility index (Phi) is 5.58. The first-order valence-electron chi connectivity index (χ1n) is 9.03. The molecule has 0 spiro atoms. The zero-order valence-corrected chi connectivity index (χ0v) is 16.4.